The zero-order chi connectivity index (χ0) is 13.2. The quantitative estimate of drug-likeness (QED) is 0.702. The second-order valence-corrected chi connectivity index (χ2v) is 7.89. The Morgan fingerprint density at radius 2 is 1.89 bits per heavy atom. The van der Waals surface area contributed by atoms with Gasteiger partial charge in [-0.2, -0.15) is 0 Å². The average molecular weight is 253 g/mol. The molecule has 2 rings (SSSR count). The third-order valence-electron chi connectivity index (χ3n) is 4.85. The van der Waals surface area contributed by atoms with Gasteiger partial charge in [0, 0.05) is 20.2 Å². The highest BCUT2D eigenvalue weighted by atomic mass is 16.5. The highest BCUT2D eigenvalue weighted by Gasteiger charge is 2.53. The third kappa shape index (κ3) is 3.96. The molecule has 2 fully saturated rings. The van der Waals surface area contributed by atoms with Gasteiger partial charge in [-0.05, 0) is 54.8 Å². The van der Waals surface area contributed by atoms with Crippen LogP contribution in [0.25, 0.3) is 0 Å². The molecule has 2 aliphatic carbocycles. The Kier molecular flexibility index (Phi) is 4.38. The van der Waals surface area contributed by atoms with Gasteiger partial charge in [0.2, 0.25) is 0 Å². The zero-order valence-electron chi connectivity index (χ0n) is 12.7. The van der Waals surface area contributed by atoms with Crippen LogP contribution >= 0.6 is 0 Å². The largest absolute Gasteiger partial charge is 0.383 e. The molecule has 1 N–H and O–H groups in total. The van der Waals surface area contributed by atoms with E-state index in [4.69, 9.17) is 4.74 Å². The molecule has 0 spiro atoms. The van der Waals surface area contributed by atoms with E-state index >= 15 is 0 Å². The maximum atomic E-state index is 5.12. The maximum Gasteiger partial charge on any atom is 0.0587 e. The van der Waals surface area contributed by atoms with Gasteiger partial charge in [-0.15, -0.1) is 0 Å². The van der Waals surface area contributed by atoms with E-state index in [1.807, 2.05) is 0 Å². The monoisotopic (exact) mass is 253 g/mol. The highest BCUT2D eigenvalue weighted by Crippen LogP contribution is 2.61. The third-order valence-corrected chi connectivity index (χ3v) is 4.85. The summed E-state index contributed by atoms with van der Waals surface area (Å²) in [5.41, 5.74) is 1.08. The van der Waals surface area contributed by atoms with E-state index in [2.05, 4.69) is 26.1 Å². The molecule has 0 heterocycles. The summed E-state index contributed by atoms with van der Waals surface area (Å²) >= 11 is 0. The number of fused-ring (bicyclic) bond motifs is 1. The molecule has 0 radical (unpaired) electrons. The lowest BCUT2D eigenvalue weighted by Gasteiger charge is -2.34. The number of nitrogens with one attached hydrogen (secondary N) is 1. The fourth-order valence-electron chi connectivity index (χ4n) is 3.61. The van der Waals surface area contributed by atoms with E-state index < -0.39 is 0 Å². The number of methoxy groups -OCH3 is 1. The Morgan fingerprint density at radius 3 is 2.44 bits per heavy atom. The molecule has 0 aromatic rings. The Bertz CT molecular complexity index is 259. The van der Waals surface area contributed by atoms with E-state index in [1.54, 1.807) is 7.11 Å². The summed E-state index contributed by atoms with van der Waals surface area (Å²) in [4.78, 5) is 0. The first-order chi connectivity index (χ1) is 8.44. The molecule has 0 bridgehead atoms. The normalized spacial score (nSPS) is 34.7. The second kappa shape index (κ2) is 5.50. The Balaban J connectivity index is 1.80. The van der Waals surface area contributed by atoms with Crippen molar-refractivity contribution in [2.75, 3.05) is 26.8 Å². The minimum Gasteiger partial charge on any atom is -0.383 e. The maximum absolute atomic E-state index is 5.12. The fraction of sp³-hybridized carbons (Fsp3) is 1.00. The summed E-state index contributed by atoms with van der Waals surface area (Å²) in [5.74, 6) is 2.16. The Labute approximate surface area is 113 Å². The highest BCUT2D eigenvalue weighted by molar-refractivity contribution is 5.04. The minimum atomic E-state index is 0.478. The van der Waals surface area contributed by atoms with Crippen molar-refractivity contribution in [3.63, 3.8) is 0 Å². The van der Waals surface area contributed by atoms with Crippen molar-refractivity contribution in [2.24, 2.45) is 22.7 Å². The SMILES string of the molecule is COCCNCC1(CCC(C)(C)C)CC2CC2C1. The van der Waals surface area contributed by atoms with Crippen LogP contribution in [0.3, 0.4) is 0 Å². The molecule has 2 aliphatic rings. The van der Waals surface area contributed by atoms with Crippen LogP contribution < -0.4 is 5.32 Å². The summed E-state index contributed by atoms with van der Waals surface area (Å²) in [6.45, 7) is 10.2. The van der Waals surface area contributed by atoms with Crippen LogP contribution in [0.2, 0.25) is 0 Å². The van der Waals surface area contributed by atoms with Crippen molar-refractivity contribution in [2.45, 2.75) is 52.9 Å². The standard InChI is InChI=1S/C16H31NO/c1-15(2,3)5-6-16(12-17-7-8-18-4)10-13-9-14(13)11-16/h13-14,17H,5-12H2,1-4H3. The molecule has 0 amide bonds. The molecule has 2 saturated carbocycles. The first kappa shape index (κ1) is 14.3. The van der Waals surface area contributed by atoms with Crippen molar-refractivity contribution in [1.29, 1.82) is 0 Å². The summed E-state index contributed by atoms with van der Waals surface area (Å²) in [5, 5.41) is 3.62. The van der Waals surface area contributed by atoms with Crippen LogP contribution in [0.15, 0.2) is 0 Å². The molecule has 2 atom stereocenters. The summed E-state index contributed by atoms with van der Waals surface area (Å²) in [6.07, 6.45) is 7.25. The Hall–Kier alpha value is -0.0800. The molecule has 0 aliphatic heterocycles. The Morgan fingerprint density at radius 1 is 1.22 bits per heavy atom. The number of hydrogen-bond donors (Lipinski definition) is 1. The lowest BCUT2D eigenvalue weighted by molar-refractivity contribution is 0.169. The fourth-order valence-corrected chi connectivity index (χ4v) is 3.61. The molecule has 0 saturated heterocycles. The topological polar surface area (TPSA) is 21.3 Å². The smallest absolute Gasteiger partial charge is 0.0587 e. The van der Waals surface area contributed by atoms with Crippen LogP contribution in [0.5, 0.6) is 0 Å². The van der Waals surface area contributed by atoms with Gasteiger partial charge < -0.3 is 10.1 Å². The first-order valence-electron chi connectivity index (χ1n) is 7.64. The molecule has 2 unspecified atom stereocenters. The molecule has 2 heteroatoms. The molecule has 0 aromatic carbocycles. The zero-order valence-corrected chi connectivity index (χ0v) is 12.7. The lowest BCUT2D eigenvalue weighted by Crippen LogP contribution is -2.35. The van der Waals surface area contributed by atoms with Gasteiger partial charge in [0.25, 0.3) is 0 Å². The van der Waals surface area contributed by atoms with Crippen LogP contribution in [-0.2, 0) is 4.74 Å². The van der Waals surface area contributed by atoms with Crippen molar-refractivity contribution in [1.82, 2.24) is 5.32 Å². The van der Waals surface area contributed by atoms with E-state index in [0.29, 0.717) is 10.8 Å². The molecule has 18 heavy (non-hydrogen) atoms. The average Bonchev–Trinajstić information content (AvgIpc) is 2.90. The minimum absolute atomic E-state index is 0.478. The van der Waals surface area contributed by atoms with Crippen molar-refractivity contribution >= 4 is 0 Å². The van der Waals surface area contributed by atoms with Gasteiger partial charge in [0.1, 0.15) is 0 Å². The van der Waals surface area contributed by atoms with Gasteiger partial charge in [-0.1, -0.05) is 20.8 Å². The molecular formula is C16H31NO. The number of hydrogen-bond acceptors (Lipinski definition) is 2. The predicted octanol–water partition coefficient (Wildman–Crippen LogP) is 3.47. The van der Waals surface area contributed by atoms with Gasteiger partial charge in [0.05, 0.1) is 6.61 Å². The van der Waals surface area contributed by atoms with E-state index in [1.165, 1.54) is 38.6 Å². The van der Waals surface area contributed by atoms with Crippen molar-refractivity contribution in [3.05, 3.63) is 0 Å². The van der Waals surface area contributed by atoms with Crippen molar-refractivity contribution in [3.8, 4) is 0 Å². The molecular weight excluding hydrogens is 222 g/mol. The van der Waals surface area contributed by atoms with Crippen LogP contribution in [-0.4, -0.2) is 26.8 Å². The molecule has 2 nitrogen and oxygen atoms in total. The summed E-state index contributed by atoms with van der Waals surface area (Å²) in [6, 6.07) is 0. The first-order valence-corrected chi connectivity index (χ1v) is 7.64. The van der Waals surface area contributed by atoms with E-state index in [-0.39, 0.29) is 0 Å². The number of ether oxygens (including phenoxy) is 1. The van der Waals surface area contributed by atoms with Crippen LogP contribution in [0, 0.1) is 22.7 Å². The van der Waals surface area contributed by atoms with E-state index in [0.717, 1.165) is 25.0 Å². The van der Waals surface area contributed by atoms with Crippen LogP contribution in [0.4, 0.5) is 0 Å². The van der Waals surface area contributed by atoms with Crippen molar-refractivity contribution < 1.29 is 4.74 Å². The predicted molar refractivity (Wildman–Crippen MR) is 76.7 cm³/mol. The lowest BCUT2D eigenvalue weighted by atomic mass is 9.74. The molecule has 0 aromatic heterocycles. The number of rotatable bonds is 7. The van der Waals surface area contributed by atoms with Gasteiger partial charge in [-0.25, -0.2) is 0 Å². The van der Waals surface area contributed by atoms with Crippen LogP contribution in [0.1, 0.15) is 52.9 Å². The van der Waals surface area contributed by atoms with Gasteiger partial charge in [0.15, 0.2) is 0 Å². The molecule has 106 valence electrons. The van der Waals surface area contributed by atoms with Gasteiger partial charge >= 0.3 is 0 Å². The summed E-state index contributed by atoms with van der Waals surface area (Å²) < 4.78 is 5.12. The van der Waals surface area contributed by atoms with E-state index in [9.17, 15) is 0 Å². The second-order valence-electron chi connectivity index (χ2n) is 7.89. The summed E-state index contributed by atoms with van der Waals surface area (Å²) in [7, 11) is 1.78. The van der Waals surface area contributed by atoms with Gasteiger partial charge in [-0.3, -0.25) is 0 Å².